The van der Waals surface area contributed by atoms with Crippen molar-refractivity contribution in [2.24, 2.45) is 5.92 Å². The molecule has 1 aromatic heterocycles. The van der Waals surface area contributed by atoms with E-state index in [4.69, 9.17) is 4.74 Å². The van der Waals surface area contributed by atoms with Gasteiger partial charge < -0.3 is 20.0 Å². The fraction of sp³-hybridized carbons (Fsp3) is 0.571. The van der Waals surface area contributed by atoms with Crippen LogP contribution in [0.3, 0.4) is 0 Å². The number of ether oxygens (including phenoxy) is 1. The summed E-state index contributed by atoms with van der Waals surface area (Å²) in [5.74, 6) is -1.66. The van der Waals surface area contributed by atoms with E-state index in [9.17, 15) is 14.7 Å². The molecule has 0 unspecified atom stereocenters. The number of carboxylic acid groups (broad SMARTS) is 1. The summed E-state index contributed by atoms with van der Waals surface area (Å²) >= 11 is 1.26. The molecule has 0 fully saturated rings. The van der Waals surface area contributed by atoms with Crippen LogP contribution in [-0.2, 0) is 22.6 Å². The number of thiophene rings is 1. The highest BCUT2D eigenvalue weighted by molar-refractivity contribution is 7.17. The molecule has 0 aromatic carbocycles. The average Bonchev–Trinajstić information content (AvgIpc) is 2.64. The van der Waals surface area contributed by atoms with E-state index in [0.717, 1.165) is 10.4 Å². The van der Waals surface area contributed by atoms with Crippen molar-refractivity contribution >= 4 is 28.2 Å². The molecular formula is C14H18NO4S-. The minimum absolute atomic E-state index is 0.107. The molecule has 0 saturated carbocycles. The monoisotopic (exact) mass is 296 g/mol. The molecule has 5 nitrogen and oxygen atoms in total. The normalized spacial score (nSPS) is 16.9. The second kappa shape index (κ2) is 5.18. The third-order valence-corrected chi connectivity index (χ3v) is 4.37. The van der Waals surface area contributed by atoms with E-state index < -0.39 is 11.6 Å². The van der Waals surface area contributed by atoms with Gasteiger partial charge in [0.2, 0.25) is 5.91 Å². The highest BCUT2D eigenvalue weighted by Crippen LogP contribution is 2.40. The molecule has 1 aliphatic heterocycles. The molecule has 0 atom stereocenters. The number of hydrogen-bond acceptors (Lipinski definition) is 5. The molecule has 1 aliphatic rings. The Hall–Kier alpha value is -1.40. The molecule has 1 N–H and O–H groups in total. The summed E-state index contributed by atoms with van der Waals surface area (Å²) in [6.07, 6.45) is 0.500. The molecule has 110 valence electrons. The van der Waals surface area contributed by atoms with Gasteiger partial charge in [-0.15, -0.1) is 11.3 Å². The fourth-order valence-corrected chi connectivity index (χ4v) is 3.24. The van der Waals surface area contributed by atoms with Crippen LogP contribution in [0.1, 0.15) is 48.5 Å². The van der Waals surface area contributed by atoms with Crippen LogP contribution in [0.5, 0.6) is 0 Å². The van der Waals surface area contributed by atoms with Gasteiger partial charge in [-0.05, 0) is 19.4 Å². The Kier molecular flexibility index (Phi) is 3.88. The number of amides is 1. The van der Waals surface area contributed by atoms with Gasteiger partial charge in [-0.25, -0.2) is 0 Å². The molecule has 6 heteroatoms. The topological polar surface area (TPSA) is 78.5 Å². The first-order chi connectivity index (χ1) is 9.21. The zero-order valence-electron chi connectivity index (χ0n) is 12.0. The SMILES string of the molecule is CC(C)C(=O)Nc1sc2c(c1C(=O)[O-])CC(C)(C)OC2. The van der Waals surface area contributed by atoms with Crippen molar-refractivity contribution in [2.45, 2.75) is 46.3 Å². The van der Waals surface area contributed by atoms with Gasteiger partial charge in [-0.3, -0.25) is 4.79 Å². The summed E-state index contributed by atoms with van der Waals surface area (Å²) in [5, 5.41) is 14.5. The van der Waals surface area contributed by atoms with Crippen LogP contribution >= 0.6 is 11.3 Å². The van der Waals surface area contributed by atoms with Crippen LogP contribution < -0.4 is 10.4 Å². The molecule has 0 bridgehead atoms. The van der Waals surface area contributed by atoms with E-state index in [2.05, 4.69) is 5.32 Å². The molecule has 2 rings (SSSR count). The molecule has 20 heavy (non-hydrogen) atoms. The zero-order chi connectivity index (χ0) is 15.1. The summed E-state index contributed by atoms with van der Waals surface area (Å²) in [6.45, 7) is 7.71. The second-order valence-electron chi connectivity index (χ2n) is 5.86. The van der Waals surface area contributed by atoms with Crippen molar-refractivity contribution in [3.05, 3.63) is 16.0 Å². The van der Waals surface area contributed by atoms with E-state index in [-0.39, 0.29) is 17.4 Å². The van der Waals surface area contributed by atoms with E-state index in [1.807, 2.05) is 13.8 Å². The molecule has 0 spiro atoms. The van der Waals surface area contributed by atoms with Gasteiger partial charge in [0.25, 0.3) is 0 Å². The predicted molar refractivity (Wildman–Crippen MR) is 74.7 cm³/mol. The second-order valence-corrected chi connectivity index (χ2v) is 6.97. The van der Waals surface area contributed by atoms with Gasteiger partial charge >= 0.3 is 0 Å². The Morgan fingerprint density at radius 3 is 2.60 bits per heavy atom. The Labute approximate surface area is 121 Å². The lowest BCUT2D eigenvalue weighted by Gasteiger charge is -2.30. The maximum absolute atomic E-state index is 11.8. The summed E-state index contributed by atoms with van der Waals surface area (Å²) in [6, 6.07) is 0. The summed E-state index contributed by atoms with van der Waals surface area (Å²) < 4.78 is 5.68. The van der Waals surface area contributed by atoms with E-state index in [1.165, 1.54) is 11.3 Å². The number of aromatic carboxylic acids is 1. The van der Waals surface area contributed by atoms with Gasteiger partial charge in [0.05, 0.1) is 18.2 Å². The molecule has 2 heterocycles. The number of nitrogens with one attached hydrogen (secondary N) is 1. The lowest BCUT2D eigenvalue weighted by molar-refractivity contribution is -0.255. The molecule has 1 amide bonds. The minimum Gasteiger partial charge on any atom is -0.545 e. The number of anilines is 1. The number of carbonyl (C=O) groups excluding carboxylic acids is 2. The maximum Gasteiger partial charge on any atom is 0.227 e. The van der Waals surface area contributed by atoms with Crippen molar-refractivity contribution < 1.29 is 19.4 Å². The van der Waals surface area contributed by atoms with Crippen LogP contribution in [-0.4, -0.2) is 17.5 Å². The van der Waals surface area contributed by atoms with Gasteiger partial charge in [0, 0.05) is 22.8 Å². The molecule has 0 aliphatic carbocycles. The van der Waals surface area contributed by atoms with Crippen LogP contribution in [0, 0.1) is 5.92 Å². The van der Waals surface area contributed by atoms with Crippen LogP contribution in [0.25, 0.3) is 0 Å². The number of fused-ring (bicyclic) bond motifs is 1. The largest absolute Gasteiger partial charge is 0.545 e. The van der Waals surface area contributed by atoms with Crippen molar-refractivity contribution in [1.29, 1.82) is 0 Å². The van der Waals surface area contributed by atoms with Gasteiger partial charge in [-0.2, -0.15) is 0 Å². The highest BCUT2D eigenvalue weighted by atomic mass is 32.1. The van der Waals surface area contributed by atoms with Gasteiger partial charge in [-0.1, -0.05) is 13.8 Å². The first-order valence-electron chi connectivity index (χ1n) is 6.52. The number of rotatable bonds is 3. The summed E-state index contributed by atoms with van der Waals surface area (Å²) in [4.78, 5) is 24.0. The Balaban J connectivity index is 2.42. The third kappa shape index (κ3) is 2.86. The zero-order valence-corrected chi connectivity index (χ0v) is 12.8. The number of carbonyl (C=O) groups is 2. The first kappa shape index (κ1) is 15.0. The maximum atomic E-state index is 11.8. The molecule has 1 aromatic rings. The standard InChI is InChI=1S/C14H19NO4S/c1-7(2)11(16)15-12-10(13(17)18)8-5-14(3,4)19-6-9(8)20-12/h7H,5-6H2,1-4H3,(H,15,16)(H,17,18)/p-1. The molecule has 0 saturated heterocycles. The lowest BCUT2D eigenvalue weighted by Crippen LogP contribution is -2.33. The summed E-state index contributed by atoms with van der Waals surface area (Å²) in [7, 11) is 0. The Morgan fingerprint density at radius 1 is 1.40 bits per heavy atom. The fourth-order valence-electron chi connectivity index (χ4n) is 2.11. The van der Waals surface area contributed by atoms with Crippen molar-refractivity contribution in [3.63, 3.8) is 0 Å². The van der Waals surface area contributed by atoms with Crippen LogP contribution in [0.2, 0.25) is 0 Å². The van der Waals surface area contributed by atoms with Gasteiger partial charge in [0.1, 0.15) is 5.00 Å². The van der Waals surface area contributed by atoms with E-state index in [0.29, 0.717) is 18.0 Å². The smallest absolute Gasteiger partial charge is 0.227 e. The molecular weight excluding hydrogens is 278 g/mol. The Bertz CT molecular complexity index is 560. The van der Waals surface area contributed by atoms with Gasteiger partial charge in [0.15, 0.2) is 0 Å². The van der Waals surface area contributed by atoms with Crippen molar-refractivity contribution in [2.75, 3.05) is 5.32 Å². The highest BCUT2D eigenvalue weighted by Gasteiger charge is 2.32. The number of hydrogen-bond donors (Lipinski definition) is 1. The minimum atomic E-state index is -1.25. The van der Waals surface area contributed by atoms with E-state index in [1.54, 1.807) is 13.8 Å². The van der Waals surface area contributed by atoms with E-state index >= 15 is 0 Å². The summed E-state index contributed by atoms with van der Waals surface area (Å²) in [5.41, 5.74) is 0.429. The first-order valence-corrected chi connectivity index (χ1v) is 7.33. The lowest BCUT2D eigenvalue weighted by atomic mass is 9.93. The third-order valence-electron chi connectivity index (χ3n) is 3.25. The van der Waals surface area contributed by atoms with Crippen LogP contribution in [0.15, 0.2) is 0 Å². The quantitative estimate of drug-likeness (QED) is 0.918. The Morgan fingerprint density at radius 2 is 2.05 bits per heavy atom. The van der Waals surface area contributed by atoms with Crippen molar-refractivity contribution in [3.8, 4) is 0 Å². The molecule has 0 radical (unpaired) electrons. The average molecular weight is 296 g/mol. The number of carboxylic acids is 1. The van der Waals surface area contributed by atoms with Crippen LogP contribution in [0.4, 0.5) is 5.00 Å². The predicted octanol–water partition coefficient (Wildman–Crippen LogP) is 1.56. The van der Waals surface area contributed by atoms with Crippen molar-refractivity contribution in [1.82, 2.24) is 0 Å².